The third-order valence-electron chi connectivity index (χ3n) is 4.47. The Balaban J connectivity index is 1.57. The molecule has 0 spiro atoms. The van der Waals surface area contributed by atoms with Crippen LogP contribution in [0.25, 0.3) is 0 Å². The highest BCUT2D eigenvalue weighted by atomic mass is 32.1. The molecule has 5 heteroatoms. The number of hydrogen-bond donors (Lipinski definition) is 1. The van der Waals surface area contributed by atoms with Crippen molar-refractivity contribution in [3.05, 3.63) is 16.1 Å². The summed E-state index contributed by atoms with van der Waals surface area (Å²) in [5.74, 6) is 0. The Hall–Kier alpha value is -0.490. The van der Waals surface area contributed by atoms with Crippen molar-refractivity contribution in [1.29, 1.82) is 0 Å². The molecule has 2 atom stereocenters. The second-order valence-electron chi connectivity index (χ2n) is 6.50. The van der Waals surface area contributed by atoms with E-state index in [-0.39, 0.29) is 0 Å². The Morgan fingerprint density at radius 2 is 2.29 bits per heavy atom. The highest BCUT2D eigenvalue weighted by Crippen LogP contribution is 2.29. The van der Waals surface area contributed by atoms with Crippen molar-refractivity contribution >= 4 is 11.3 Å². The molecule has 3 rings (SSSR count). The van der Waals surface area contributed by atoms with Crippen LogP contribution in [0, 0.1) is 0 Å². The first-order valence-electron chi connectivity index (χ1n) is 8.24. The summed E-state index contributed by atoms with van der Waals surface area (Å²) in [5.41, 5.74) is 1.23. The molecule has 2 fully saturated rings. The largest absolute Gasteiger partial charge is 0.375 e. The normalized spacial score (nSPS) is 27.0. The number of aromatic nitrogens is 1. The fourth-order valence-corrected chi connectivity index (χ4v) is 4.11. The summed E-state index contributed by atoms with van der Waals surface area (Å²) in [5, 5.41) is 6.87. The number of nitrogens with one attached hydrogen (secondary N) is 1. The van der Waals surface area contributed by atoms with Gasteiger partial charge in [-0.2, -0.15) is 0 Å². The molecule has 2 heterocycles. The average Bonchev–Trinajstić information content (AvgIpc) is 2.93. The van der Waals surface area contributed by atoms with E-state index in [0.29, 0.717) is 18.2 Å². The minimum Gasteiger partial charge on any atom is -0.375 e. The van der Waals surface area contributed by atoms with E-state index in [2.05, 4.69) is 29.4 Å². The predicted molar refractivity (Wildman–Crippen MR) is 86.5 cm³/mol. The smallest absolute Gasteiger partial charge is 0.107 e. The Bertz CT molecular complexity index is 446. The average molecular weight is 309 g/mol. The van der Waals surface area contributed by atoms with Crippen molar-refractivity contribution in [1.82, 2.24) is 15.2 Å². The fraction of sp³-hybridized carbons (Fsp3) is 0.812. The molecule has 0 bridgehead atoms. The summed E-state index contributed by atoms with van der Waals surface area (Å²) in [6.45, 7) is 8.16. The summed E-state index contributed by atoms with van der Waals surface area (Å²) < 4.78 is 5.95. The number of ether oxygens (including phenoxy) is 1. The molecule has 0 aromatic carbocycles. The van der Waals surface area contributed by atoms with Gasteiger partial charge in [-0.15, -0.1) is 11.3 Å². The van der Waals surface area contributed by atoms with Crippen LogP contribution in [0.2, 0.25) is 0 Å². The zero-order valence-corrected chi connectivity index (χ0v) is 14.0. The summed E-state index contributed by atoms with van der Waals surface area (Å²) in [4.78, 5) is 7.39. The molecule has 0 amide bonds. The lowest BCUT2D eigenvalue weighted by Crippen LogP contribution is -2.52. The second kappa shape index (κ2) is 7.18. The molecule has 1 saturated heterocycles. The van der Waals surface area contributed by atoms with E-state index in [0.717, 1.165) is 26.2 Å². The van der Waals surface area contributed by atoms with Gasteiger partial charge in [-0.3, -0.25) is 4.90 Å². The maximum atomic E-state index is 5.95. The molecule has 118 valence electrons. The third-order valence-corrected chi connectivity index (χ3v) is 5.37. The van der Waals surface area contributed by atoms with Crippen LogP contribution in [0.3, 0.4) is 0 Å². The zero-order valence-electron chi connectivity index (χ0n) is 13.2. The van der Waals surface area contributed by atoms with Crippen LogP contribution < -0.4 is 5.32 Å². The summed E-state index contributed by atoms with van der Waals surface area (Å²) in [6, 6.07) is 1.13. The number of nitrogens with zero attached hydrogens (tertiary/aromatic N) is 2. The number of hydrogen-bond acceptors (Lipinski definition) is 5. The van der Waals surface area contributed by atoms with Gasteiger partial charge in [-0.1, -0.05) is 26.7 Å². The Morgan fingerprint density at radius 1 is 1.43 bits per heavy atom. The molecular weight excluding hydrogens is 282 g/mol. The fourth-order valence-electron chi connectivity index (χ4n) is 3.38. The van der Waals surface area contributed by atoms with Crippen LogP contribution >= 0.6 is 11.3 Å². The summed E-state index contributed by atoms with van der Waals surface area (Å²) >= 11 is 1.78. The van der Waals surface area contributed by atoms with Crippen molar-refractivity contribution in [2.45, 2.75) is 70.8 Å². The number of morpholine rings is 1. The summed E-state index contributed by atoms with van der Waals surface area (Å²) in [6.07, 6.45) is 5.67. The Kier molecular flexibility index (Phi) is 5.27. The molecule has 1 N–H and O–H groups in total. The first-order chi connectivity index (χ1) is 10.2. The van der Waals surface area contributed by atoms with Crippen LogP contribution in [0.15, 0.2) is 5.38 Å². The first kappa shape index (κ1) is 15.4. The molecule has 21 heavy (non-hydrogen) atoms. The molecule has 1 saturated carbocycles. The van der Waals surface area contributed by atoms with E-state index < -0.39 is 0 Å². The highest BCUT2D eigenvalue weighted by Gasteiger charge is 2.34. The topological polar surface area (TPSA) is 37.4 Å². The Morgan fingerprint density at radius 3 is 3.14 bits per heavy atom. The molecule has 2 unspecified atom stereocenters. The molecule has 2 aliphatic rings. The number of rotatable bonds is 5. The lowest BCUT2D eigenvalue weighted by Gasteiger charge is -2.43. The third kappa shape index (κ3) is 4.03. The maximum Gasteiger partial charge on any atom is 0.107 e. The van der Waals surface area contributed by atoms with Crippen molar-refractivity contribution in [2.24, 2.45) is 0 Å². The minimum atomic E-state index is 0.466. The van der Waals surface area contributed by atoms with Crippen LogP contribution in [-0.4, -0.2) is 41.2 Å². The minimum absolute atomic E-state index is 0.466. The molecule has 1 aromatic rings. The van der Waals surface area contributed by atoms with E-state index in [4.69, 9.17) is 9.72 Å². The van der Waals surface area contributed by atoms with Crippen LogP contribution in [-0.2, 0) is 17.8 Å². The molecule has 1 aliphatic carbocycles. The van der Waals surface area contributed by atoms with Crippen molar-refractivity contribution in [2.75, 3.05) is 13.2 Å². The van der Waals surface area contributed by atoms with Crippen LogP contribution in [0.4, 0.5) is 0 Å². The van der Waals surface area contributed by atoms with Gasteiger partial charge < -0.3 is 10.1 Å². The van der Waals surface area contributed by atoms with Gasteiger partial charge in [0.05, 0.1) is 18.4 Å². The first-order valence-corrected chi connectivity index (χ1v) is 9.12. The van der Waals surface area contributed by atoms with Gasteiger partial charge in [-0.25, -0.2) is 4.98 Å². The quantitative estimate of drug-likeness (QED) is 0.907. The van der Waals surface area contributed by atoms with Crippen LogP contribution in [0.5, 0.6) is 0 Å². The van der Waals surface area contributed by atoms with Gasteiger partial charge in [0.15, 0.2) is 0 Å². The van der Waals surface area contributed by atoms with Gasteiger partial charge in [0.25, 0.3) is 0 Å². The molecule has 1 aliphatic heterocycles. The van der Waals surface area contributed by atoms with Gasteiger partial charge in [0.2, 0.25) is 0 Å². The SMILES string of the molecule is CC(C)NCc1nc(CN2CCOC3CCCCC32)cs1. The van der Waals surface area contributed by atoms with Crippen molar-refractivity contribution in [3.8, 4) is 0 Å². The van der Waals surface area contributed by atoms with E-state index in [9.17, 15) is 0 Å². The second-order valence-corrected chi connectivity index (χ2v) is 7.44. The molecule has 0 radical (unpaired) electrons. The number of fused-ring (bicyclic) bond motifs is 1. The molecule has 1 aromatic heterocycles. The van der Waals surface area contributed by atoms with Crippen molar-refractivity contribution in [3.63, 3.8) is 0 Å². The van der Waals surface area contributed by atoms with E-state index in [1.54, 1.807) is 11.3 Å². The lowest BCUT2D eigenvalue weighted by atomic mass is 9.90. The lowest BCUT2D eigenvalue weighted by molar-refractivity contribution is -0.0914. The standard InChI is InChI=1S/C16H27N3OS/c1-12(2)17-9-16-18-13(11-21-16)10-19-7-8-20-15-6-4-3-5-14(15)19/h11-12,14-15,17H,3-10H2,1-2H3. The monoisotopic (exact) mass is 309 g/mol. The maximum absolute atomic E-state index is 5.95. The van der Waals surface area contributed by atoms with Gasteiger partial charge in [0.1, 0.15) is 5.01 Å². The molecular formula is C16H27N3OS. The zero-order chi connectivity index (χ0) is 14.7. The highest BCUT2D eigenvalue weighted by molar-refractivity contribution is 7.09. The van der Waals surface area contributed by atoms with Crippen molar-refractivity contribution < 1.29 is 4.74 Å². The van der Waals surface area contributed by atoms with Gasteiger partial charge in [-0.05, 0) is 12.8 Å². The Labute approximate surface area is 131 Å². The predicted octanol–water partition coefficient (Wildman–Crippen LogP) is 2.78. The number of thiazole rings is 1. The van der Waals surface area contributed by atoms with Crippen LogP contribution in [0.1, 0.15) is 50.2 Å². The van der Waals surface area contributed by atoms with Gasteiger partial charge in [0, 0.05) is 37.1 Å². The van der Waals surface area contributed by atoms with Gasteiger partial charge >= 0.3 is 0 Å². The summed E-state index contributed by atoms with van der Waals surface area (Å²) in [7, 11) is 0. The molecule has 4 nitrogen and oxygen atoms in total. The van der Waals surface area contributed by atoms with E-state index >= 15 is 0 Å². The van der Waals surface area contributed by atoms with E-state index in [1.807, 2.05) is 0 Å². The van der Waals surface area contributed by atoms with E-state index in [1.165, 1.54) is 36.4 Å².